The summed E-state index contributed by atoms with van der Waals surface area (Å²) in [7, 11) is 1.52. The molecule has 2 N–H and O–H groups in total. The van der Waals surface area contributed by atoms with E-state index in [4.69, 9.17) is 0 Å². The highest BCUT2D eigenvalue weighted by Crippen LogP contribution is 2.18. The number of likely N-dealkylation sites (N-methyl/N-ethyl adjacent to an activating group) is 1. The third-order valence-electron chi connectivity index (χ3n) is 3.61. The third kappa shape index (κ3) is 3.04. The van der Waals surface area contributed by atoms with E-state index < -0.39 is 18.0 Å². The summed E-state index contributed by atoms with van der Waals surface area (Å²) in [4.78, 5) is 37.2. The number of nitrogens with one attached hydrogen (secondary N) is 1. The van der Waals surface area contributed by atoms with Gasteiger partial charge in [-0.15, -0.1) is 0 Å². The number of nitrogens with zero attached hydrogens (tertiary/aromatic N) is 2. The van der Waals surface area contributed by atoms with Crippen LogP contribution in [0.4, 0.5) is 4.79 Å². The average Bonchev–Trinajstić information content (AvgIpc) is 2.59. The van der Waals surface area contributed by atoms with Crippen molar-refractivity contribution >= 4 is 17.8 Å². The molecule has 1 aliphatic heterocycles. The number of aliphatic hydroxyl groups excluding tert-OH is 1. The Labute approximate surface area is 111 Å². The van der Waals surface area contributed by atoms with Gasteiger partial charge in [-0.2, -0.15) is 0 Å². The first-order chi connectivity index (χ1) is 8.99. The van der Waals surface area contributed by atoms with Gasteiger partial charge in [0.05, 0.1) is 12.1 Å². The number of hydrogen-bond donors (Lipinski definition) is 2. The predicted octanol–water partition coefficient (Wildman–Crippen LogP) is -0.700. The van der Waals surface area contributed by atoms with Crippen molar-refractivity contribution in [1.82, 2.24) is 15.1 Å². The van der Waals surface area contributed by atoms with Gasteiger partial charge in [0.2, 0.25) is 5.91 Å². The van der Waals surface area contributed by atoms with Gasteiger partial charge in [0.1, 0.15) is 13.1 Å². The van der Waals surface area contributed by atoms with Crippen molar-refractivity contribution in [2.45, 2.75) is 37.8 Å². The zero-order chi connectivity index (χ0) is 14.0. The lowest BCUT2D eigenvalue weighted by molar-refractivity contribution is -0.131. The molecule has 1 heterocycles. The maximum absolute atomic E-state index is 11.8. The van der Waals surface area contributed by atoms with Crippen LogP contribution < -0.4 is 5.32 Å². The van der Waals surface area contributed by atoms with E-state index in [1.807, 2.05) is 0 Å². The molecule has 106 valence electrons. The normalized spacial score (nSPS) is 27.9. The van der Waals surface area contributed by atoms with Crippen LogP contribution in [-0.4, -0.2) is 65.0 Å². The maximum atomic E-state index is 11.8. The van der Waals surface area contributed by atoms with Crippen LogP contribution in [0, 0.1) is 0 Å². The predicted molar refractivity (Wildman–Crippen MR) is 66.1 cm³/mol. The maximum Gasteiger partial charge on any atom is 0.327 e. The van der Waals surface area contributed by atoms with E-state index >= 15 is 0 Å². The summed E-state index contributed by atoms with van der Waals surface area (Å²) in [5.41, 5.74) is 0. The molecule has 2 rings (SSSR count). The van der Waals surface area contributed by atoms with Crippen molar-refractivity contribution in [2.75, 3.05) is 20.1 Å². The number of rotatable bonds is 3. The summed E-state index contributed by atoms with van der Waals surface area (Å²) in [5.74, 6) is -0.769. The Balaban J connectivity index is 1.87. The largest absolute Gasteiger partial charge is 0.391 e. The van der Waals surface area contributed by atoms with Crippen molar-refractivity contribution in [3.05, 3.63) is 0 Å². The van der Waals surface area contributed by atoms with Gasteiger partial charge in [-0.25, -0.2) is 4.79 Å². The molecule has 0 radical (unpaired) electrons. The SMILES string of the molecule is CN1CC(=O)N(CC(=O)NC2CCCCC2O)C1=O. The zero-order valence-electron chi connectivity index (χ0n) is 11.0. The topological polar surface area (TPSA) is 90.0 Å². The van der Waals surface area contributed by atoms with Crippen molar-refractivity contribution in [3.8, 4) is 0 Å². The summed E-state index contributed by atoms with van der Waals surface area (Å²) in [6.45, 7) is -0.261. The smallest absolute Gasteiger partial charge is 0.327 e. The number of imide groups is 1. The molecular formula is C12H19N3O4. The molecule has 0 aromatic heterocycles. The first-order valence-electron chi connectivity index (χ1n) is 6.52. The molecule has 7 heteroatoms. The standard InChI is InChI=1S/C12H19N3O4/c1-14-7-11(18)15(12(14)19)6-10(17)13-8-4-2-3-5-9(8)16/h8-9,16H,2-7H2,1H3,(H,13,17). The molecule has 1 saturated heterocycles. The highest BCUT2D eigenvalue weighted by molar-refractivity contribution is 6.04. The molecule has 7 nitrogen and oxygen atoms in total. The molecule has 1 aliphatic carbocycles. The van der Waals surface area contributed by atoms with E-state index in [1.165, 1.54) is 11.9 Å². The summed E-state index contributed by atoms with van der Waals surface area (Å²) in [6.07, 6.45) is 2.79. The second-order valence-corrected chi connectivity index (χ2v) is 5.14. The molecule has 4 amide bonds. The van der Waals surface area contributed by atoms with Crippen molar-refractivity contribution < 1.29 is 19.5 Å². The van der Waals surface area contributed by atoms with Crippen LogP contribution >= 0.6 is 0 Å². The van der Waals surface area contributed by atoms with Crippen molar-refractivity contribution in [1.29, 1.82) is 0 Å². The third-order valence-corrected chi connectivity index (χ3v) is 3.61. The Hall–Kier alpha value is -1.63. The van der Waals surface area contributed by atoms with Gasteiger partial charge in [-0.3, -0.25) is 14.5 Å². The van der Waals surface area contributed by atoms with E-state index in [2.05, 4.69) is 5.32 Å². The lowest BCUT2D eigenvalue weighted by Gasteiger charge is -2.28. The van der Waals surface area contributed by atoms with Crippen LogP contribution in [0.2, 0.25) is 0 Å². The highest BCUT2D eigenvalue weighted by atomic mass is 16.3. The summed E-state index contributed by atoms with van der Waals surface area (Å²) < 4.78 is 0. The van der Waals surface area contributed by atoms with Gasteiger partial charge < -0.3 is 15.3 Å². The number of amides is 4. The number of urea groups is 1. The van der Waals surface area contributed by atoms with Gasteiger partial charge in [-0.05, 0) is 12.8 Å². The van der Waals surface area contributed by atoms with E-state index in [9.17, 15) is 19.5 Å². The number of carbonyl (C=O) groups is 3. The van der Waals surface area contributed by atoms with Gasteiger partial charge in [0, 0.05) is 7.05 Å². The van der Waals surface area contributed by atoms with E-state index in [0.29, 0.717) is 6.42 Å². The fraction of sp³-hybridized carbons (Fsp3) is 0.750. The molecule has 0 aromatic carbocycles. The summed E-state index contributed by atoms with van der Waals surface area (Å²) in [6, 6.07) is -0.726. The van der Waals surface area contributed by atoms with Crippen LogP contribution in [-0.2, 0) is 9.59 Å². The highest BCUT2D eigenvalue weighted by Gasteiger charge is 2.35. The zero-order valence-corrected chi connectivity index (χ0v) is 11.0. The molecule has 19 heavy (non-hydrogen) atoms. The van der Waals surface area contributed by atoms with Gasteiger partial charge in [0.25, 0.3) is 5.91 Å². The number of carbonyl (C=O) groups excluding carboxylic acids is 3. The quantitative estimate of drug-likeness (QED) is 0.663. The molecule has 1 saturated carbocycles. The van der Waals surface area contributed by atoms with Crippen molar-refractivity contribution in [3.63, 3.8) is 0 Å². The second kappa shape index (κ2) is 5.56. The molecule has 0 spiro atoms. The number of hydrogen-bond acceptors (Lipinski definition) is 4. The lowest BCUT2D eigenvalue weighted by Crippen LogP contribution is -2.49. The molecule has 2 unspecified atom stereocenters. The van der Waals surface area contributed by atoms with E-state index in [-0.39, 0.29) is 25.0 Å². The Morgan fingerprint density at radius 3 is 2.63 bits per heavy atom. The molecule has 2 atom stereocenters. The van der Waals surface area contributed by atoms with Crippen LogP contribution in [0.25, 0.3) is 0 Å². The molecule has 2 aliphatic rings. The van der Waals surface area contributed by atoms with Crippen LogP contribution in [0.15, 0.2) is 0 Å². The Bertz CT molecular complexity index is 398. The van der Waals surface area contributed by atoms with E-state index in [0.717, 1.165) is 24.2 Å². The summed E-state index contributed by atoms with van der Waals surface area (Å²) >= 11 is 0. The minimum atomic E-state index is -0.537. The number of aliphatic hydroxyl groups is 1. The van der Waals surface area contributed by atoms with Gasteiger partial charge in [-0.1, -0.05) is 12.8 Å². The first kappa shape index (κ1) is 13.8. The Morgan fingerprint density at radius 1 is 1.37 bits per heavy atom. The molecule has 0 bridgehead atoms. The minimum Gasteiger partial charge on any atom is -0.391 e. The lowest BCUT2D eigenvalue weighted by atomic mass is 9.92. The summed E-state index contributed by atoms with van der Waals surface area (Å²) in [5, 5.41) is 12.5. The molecule has 0 aromatic rings. The monoisotopic (exact) mass is 269 g/mol. The average molecular weight is 269 g/mol. The fourth-order valence-electron chi connectivity index (χ4n) is 2.50. The first-order valence-corrected chi connectivity index (χ1v) is 6.52. The van der Waals surface area contributed by atoms with Crippen LogP contribution in [0.3, 0.4) is 0 Å². The second-order valence-electron chi connectivity index (χ2n) is 5.14. The molecule has 2 fully saturated rings. The van der Waals surface area contributed by atoms with Gasteiger partial charge in [0.15, 0.2) is 0 Å². The van der Waals surface area contributed by atoms with Crippen LogP contribution in [0.5, 0.6) is 0 Å². The Morgan fingerprint density at radius 2 is 2.05 bits per heavy atom. The molecular weight excluding hydrogens is 250 g/mol. The fourth-order valence-corrected chi connectivity index (χ4v) is 2.50. The Kier molecular flexibility index (Phi) is 4.04. The minimum absolute atomic E-state index is 0.0121. The van der Waals surface area contributed by atoms with Gasteiger partial charge >= 0.3 is 6.03 Å². The van der Waals surface area contributed by atoms with E-state index in [1.54, 1.807) is 0 Å². The van der Waals surface area contributed by atoms with Crippen molar-refractivity contribution in [2.24, 2.45) is 0 Å². The van der Waals surface area contributed by atoms with Crippen LogP contribution in [0.1, 0.15) is 25.7 Å².